The van der Waals surface area contributed by atoms with Gasteiger partial charge in [-0.3, -0.25) is 19.2 Å². The van der Waals surface area contributed by atoms with Gasteiger partial charge in [0.15, 0.2) is 0 Å². The number of aliphatic hydroxyl groups is 1. The molecule has 1 aliphatic rings. The number of carbonyl (C=O) groups is 6. The molecule has 1 saturated heterocycles. The van der Waals surface area contributed by atoms with E-state index in [9.17, 15) is 33.9 Å². The summed E-state index contributed by atoms with van der Waals surface area (Å²) in [5.41, 5.74) is 7.74. The van der Waals surface area contributed by atoms with Crippen LogP contribution in [0.2, 0.25) is 0 Å². The number of nitrogens with two attached hydrogens (primary N) is 1. The fraction of sp³-hybridized carbons (Fsp3) is 0.600. The quantitative estimate of drug-likeness (QED) is 0.125. The number of primary amides is 1. The number of ether oxygens (including phenoxy) is 1. The predicted molar refractivity (Wildman–Crippen MR) is 158 cm³/mol. The molecule has 1 aromatic carbocycles. The molecule has 0 saturated carbocycles. The van der Waals surface area contributed by atoms with Crippen molar-refractivity contribution >= 4 is 35.6 Å². The Bertz CT molecular complexity index is 1160. The highest BCUT2D eigenvalue weighted by atomic mass is 16.7. The molecule has 0 spiro atoms. The van der Waals surface area contributed by atoms with Crippen molar-refractivity contribution in [2.75, 3.05) is 13.7 Å². The number of aliphatic hydroxyl groups excluding tert-OH is 1. The van der Waals surface area contributed by atoms with Gasteiger partial charge in [0.1, 0.15) is 30.3 Å². The molecule has 0 aliphatic carbocycles. The van der Waals surface area contributed by atoms with E-state index in [1.807, 2.05) is 13.8 Å². The summed E-state index contributed by atoms with van der Waals surface area (Å²) in [5, 5.41) is 15.3. The van der Waals surface area contributed by atoms with Crippen LogP contribution in [0.15, 0.2) is 30.3 Å². The maximum absolute atomic E-state index is 13.8. The molecule has 14 heteroatoms. The summed E-state index contributed by atoms with van der Waals surface area (Å²) in [7, 11) is 1.24. The minimum atomic E-state index is -1.55. The Balaban J connectivity index is 2.18. The zero-order valence-electron chi connectivity index (χ0n) is 25.9. The number of amides is 4. The zero-order valence-corrected chi connectivity index (χ0v) is 25.9. The monoisotopic (exact) mass is 619 g/mol. The third-order valence-electron chi connectivity index (χ3n) is 7.26. The lowest BCUT2D eigenvalue weighted by Gasteiger charge is -2.32. The highest BCUT2D eigenvalue weighted by molar-refractivity contribution is 5.95. The summed E-state index contributed by atoms with van der Waals surface area (Å²) in [6, 6.07) is 3.96. The first-order chi connectivity index (χ1) is 20.8. The first-order valence-corrected chi connectivity index (χ1v) is 14.7. The van der Waals surface area contributed by atoms with E-state index in [2.05, 4.69) is 16.1 Å². The molecule has 0 radical (unpaired) electrons. The van der Waals surface area contributed by atoms with E-state index in [1.165, 1.54) is 24.1 Å². The summed E-state index contributed by atoms with van der Waals surface area (Å²) < 4.78 is 4.83. The summed E-state index contributed by atoms with van der Waals surface area (Å²) in [6.07, 6.45) is -0.673. The highest BCUT2D eigenvalue weighted by Gasteiger charge is 2.40. The molecule has 1 aromatic rings. The Morgan fingerprint density at radius 1 is 1.00 bits per heavy atom. The van der Waals surface area contributed by atoms with Gasteiger partial charge in [-0.25, -0.2) is 9.59 Å². The van der Waals surface area contributed by atoms with Crippen molar-refractivity contribution in [2.24, 2.45) is 17.6 Å². The first kappa shape index (κ1) is 36.2. The van der Waals surface area contributed by atoms with E-state index < -0.39 is 71.8 Å². The SMILES string of the molecule is COC(=O)[C@H](CC(C)C)NC(=O)[C@@H]1CCCN1C(=O)[C@@H](NC(=O)[C@H](CCC(O)C(N)=O)NOC(=O)c1ccccc1)C(C)C. The summed E-state index contributed by atoms with van der Waals surface area (Å²) in [4.78, 5) is 83.0. The number of nitrogens with one attached hydrogen (secondary N) is 3. The van der Waals surface area contributed by atoms with Crippen molar-refractivity contribution < 1.29 is 43.4 Å². The average Bonchev–Trinajstić information content (AvgIpc) is 3.48. The van der Waals surface area contributed by atoms with E-state index in [0.717, 1.165) is 0 Å². The Morgan fingerprint density at radius 2 is 1.66 bits per heavy atom. The molecule has 0 aromatic heterocycles. The molecule has 244 valence electrons. The lowest BCUT2D eigenvalue weighted by atomic mass is 10.00. The van der Waals surface area contributed by atoms with E-state index in [1.54, 1.807) is 32.0 Å². The Hall–Kier alpha value is -4.04. The Labute approximate surface area is 257 Å². The van der Waals surface area contributed by atoms with Gasteiger partial charge in [0, 0.05) is 6.54 Å². The summed E-state index contributed by atoms with van der Waals surface area (Å²) in [6.45, 7) is 7.52. The van der Waals surface area contributed by atoms with Crippen molar-refractivity contribution in [1.29, 1.82) is 0 Å². The number of rotatable bonds is 16. The molecule has 2 rings (SSSR count). The fourth-order valence-corrected chi connectivity index (χ4v) is 4.81. The van der Waals surface area contributed by atoms with Crippen LogP contribution in [0.25, 0.3) is 0 Å². The minimum Gasteiger partial charge on any atom is -0.467 e. The van der Waals surface area contributed by atoms with Crippen molar-refractivity contribution in [3.05, 3.63) is 35.9 Å². The third kappa shape index (κ3) is 10.6. The topological polar surface area (TPSA) is 206 Å². The fourth-order valence-electron chi connectivity index (χ4n) is 4.81. The van der Waals surface area contributed by atoms with Gasteiger partial charge < -0.3 is 35.9 Å². The molecular formula is C30H45N5O9. The molecule has 1 fully saturated rings. The lowest BCUT2D eigenvalue weighted by Crippen LogP contribution is -2.58. The second kappa shape index (κ2) is 17.3. The normalized spacial score (nSPS) is 17.4. The van der Waals surface area contributed by atoms with Gasteiger partial charge >= 0.3 is 11.9 Å². The van der Waals surface area contributed by atoms with Crippen LogP contribution in [0.5, 0.6) is 0 Å². The van der Waals surface area contributed by atoms with Crippen molar-refractivity contribution in [2.45, 2.75) is 90.1 Å². The zero-order chi connectivity index (χ0) is 33.0. The first-order valence-electron chi connectivity index (χ1n) is 14.7. The molecule has 14 nitrogen and oxygen atoms in total. The molecule has 1 unspecified atom stereocenters. The summed E-state index contributed by atoms with van der Waals surface area (Å²) in [5.74, 6) is -4.39. The van der Waals surface area contributed by atoms with Crippen LogP contribution < -0.4 is 21.8 Å². The maximum atomic E-state index is 13.8. The van der Waals surface area contributed by atoms with Crippen LogP contribution >= 0.6 is 0 Å². The molecule has 6 N–H and O–H groups in total. The number of likely N-dealkylation sites (tertiary alicyclic amines) is 1. The van der Waals surface area contributed by atoms with E-state index in [-0.39, 0.29) is 30.9 Å². The van der Waals surface area contributed by atoms with E-state index in [0.29, 0.717) is 19.3 Å². The van der Waals surface area contributed by atoms with Crippen LogP contribution in [0.3, 0.4) is 0 Å². The predicted octanol–water partition coefficient (Wildman–Crippen LogP) is 0.179. The number of hydroxylamine groups is 1. The molecule has 44 heavy (non-hydrogen) atoms. The van der Waals surface area contributed by atoms with E-state index >= 15 is 0 Å². The number of methoxy groups -OCH3 is 1. The molecule has 1 heterocycles. The van der Waals surface area contributed by atoms with Crippen molar-refractivity contribution in [1.82, 2.24) is 21.0 Å². The van der Waals surface area contributed by atoms with Gasteiger partial charge in [-0.05, 0) is 56.1 Å². The lowest BCUT2D eigenvalue weighted by molar-refractivity contribution is -0.147. The second-order valence-corrected chi connectivity index (χ2v) is 11.6. The van der Waals surface area contributed by atoms with Crippen molar-refractivity contribution in [3.8, 4) is 0 Å². The van der Waals surface area contributed by atoms with Crippen LogP contribution in [0.4, 0.5) is 0 Å². The molecular weight excluding hydrogens is 574 g/mol. The smallest absolute Gasteiger partial charge is 0.356 e. The van der Waals surface area contributed by atoms with Gasteiger partial charge in [-0.2, -0.15) is 0 Å². The molecule has 4 amide bonds. The van der Waals surface area contributed by atoms with Crippen molar-refractivity contribution in [3.63, 3.8) is 0 Å². The average molecular weight is 620 g/mol. The van der Waals surface area contributed by atoms with Crippen LogP contribution in [-0.2, 0) is 33.5 Å². The standard InChI is InChI=1S/C30H45N5O9/c1-17(2)16-21(30(42)43-5)32-27(39)22-12-9-15-35(22)28(40)24(18(3)4)33-26(38)20(13-14-23(36)25(31)37)34-44-29(41)19-10-7-6-8-11-19/h6-8,10-11,17-18,20-24,34,36H,9,12-16H2,1-5H3,(H2,31,37)(H,32,39)(H,33,38)/t20-,21-,22-,23?,24-/m0/s1. The maximum Gasteiger partial charge on any atom is 0.356 e. The number of nitrogens with zero attached hydrogens (tertiary/aromatic N) is 1. The number of hydrogen-bond donors (Lipinski definition) is 5. The van der Waals surface area contributed by atoms with E-state index in [4.69, 9.17) is 15.3 Å². The molecule has 0 bridgehead atoms. The largest absolute Gasteiger partial charge is 0.467 e. The minimum absolute atomic E-state index is 0.0962. The number of hydrogen-bond acceptors (Lipinski definition) is 10. The van der Waals surface area contributed by atoms with Gasteiger partial charge in [-0.1, -0.05) is 45.9 Å². The Morgan fingerprint density at radius 3 is 2.23 bits per heavy atom. The Kier molecular flexibility index (Phi) is 14.2. The number of benzene rings is 1. The van der Waals surface area contributed by atoms with Crippen LogP contribution in [0, 0.1) is 11.8 Å². The summed E-state index contributed by atoms with van der Waals surface area (Å²) >= 11 is 0. The van der Waals surface area contributed by atoms with Crippen LogP contribution in [-0.4, -0.2) is 89.5 Å². The molecule has 5 atom stereocenters. The number of carbonyl (C=O) groups excluding carboxylic acids is 6. The molecule has 1 aliphatic heterocycles. The van der Waals surface area contributed by atoms with Gasteiger partial charge in [0.2, 0.25) is 23.6 Å². The van der Waals surface area contributed by atoms with Gasteiger partial charge in [-0.15, -0.1) is 5.48 Å². The number of esters is 1. The van der Waals surface area contributed by atoms with Crippen LogP contribution in [0.1, 0.15) is 70.2 Å². The highest BCUT2D eigenvalue weighted by Crippen LogP contribution is 2.21. The van der Waals surface area contributed by atoms with Gasteiger partial charge in [0.25, 0.3) is 0 Å². The second-order valence-electron chi connectivity index (χ2n) is 11.6. The van der Waals surface area contributed by atoms with Gasteiger partial charge in [0.05, 0.1) is 12.7 Å². The third-order valence-corrected chi connectivity index (χ3v) is 7.26.